The number of aromatic nitrogens is 1. The molecule has 0 aliphatic carbocycles. The molecule has 0 aliphatic heterocycles. The van der Waals surface area contributed by atoms with Crippen LogP contribution in [0.15, 0.2) is 84.0 Å². The summed E-state index contributed by atoms with van der Waals surface area (Å²) in [6.07, 6.45) is 6.41. The van der Waals surface area contributed by atoms with Crippen LogP contribution in [0.4, 0.5) is 0 Å². The lowest BCUT2D eigenvalue weighted by molar-refractivity contribution is 0.163. The summed E-state index contributed by atoms with van der Waals surface area (Å²) in [6.45, 7) is 2.64. The summed E-state index contributed by atoms with van der Waals surface area (Å²) >= 11 is 0. The highest BCUT2D eigenvalue weighted by Gasteiger charge is 2.25. The summed E-state index contributed by atoms with van der Waals surface area (Å²) in [6, 6.07) is 20.3. The van der Waals surface area contributed by atoms with Crippen LogP contribution in [0.25, 0.3) is 0 Å². The number of nitrogens with zero attached hydrogens (tertiary/aromatic N) is 2. The number of unbranched alkanes of at least 4 members (excludes halogenated alkanes) is 2. The van der Waals surface area contributed by atoms with Crippen molar-refractivity contribution < 1.29 is 13.5 Å². The Bertz CT molecular complexity index is 1020. The average Bonchev–Trinajstić information content (AvgIpc) is 2.80. The Hall–Kier alpha value is -2.54. The van der Waals surface area contributed by atoms with E-state index in [1.54, 1.807) is 18.3 Å². The van der Waals surface area contributed by atoms with Crippen molar-refractivity contribution in [2.45, 2.75) is 56.7 Å². The van der Waals surface area contributed by atoms with Gasteiger partial charge in [0.15, 0.2) is 0 Å². The summed E-state index contributed by atoms with van der Waals surface area (Å²) in [4.78, 5) is 4.15. The van der Waals surface area contributed by atoms with E-state index in [4.69, 9.17) is 0 Å². The minimum Gasteiger partial charge on any atom is -0.388 e. The van der Waals surface area contributed by atoms with Crippen molar-refractivity contribution >= 4 is 10.0 Å². The van der Waals surface area contributed by atoms with E-state index in [2.05, 4.69) is 11.9 Å². The molecule has 0 spiro atoms. The Morgan fingerprint density at radius 1 is 0.903 bits per heavy atom. The zero-order valence-corrected chi connectivity index (χ0v) is 18.7. The van der Waals surface area contributed by atoms with Crippen molar-refractivity contribution in [3.05, 3.63) is 95.8 Å². The molecule has 5 nitrogen and oxygen atoms in total. The lowest BCUT2D eigenvalue weighted by Gasteiger charge is -2.23. The highest BCUT2D eigenvalue weighted by atomic mass is 32.2. The predicted molar refractivity (Wildman–Crippen MR) is 123 cm³/mol. The molecule has 0 radical (unpaired) electrons. The largest absolute Gasteiger partial charge is 0.388 e. The van der Waals surface area contributed by atoms with Gasteiger partial charge in [-0.1, -0.05) is 80.8 Å². The molecular weight excluding hydrogens is 408 g/mol. The topological polar surface area (TPSA) is 70.5 Å². The quantitative estimate of drug-likeness (QED) is 0.424. The van der Waals surface area contributed by atoms with Crippen molar-refractivity contribution in [3.63, 3.8) is 0 Å². The Morgan fingerprint density at radius 2 is 1.58 bits per heavy atom. The number of aliphatic hydroxyl groups excluding tert-OH is 1. The van der Waals surface area contributed by atoms with E-state index in [0.717, 1.165) is 42.4 Å². The molecule has 1 aromatic heterocycles. The lowest BCUT2D eigenvalue weighted by Crippen LogP contribution is -2.30. The number of hydrogen-bond acceptors (Lipinski definition) is 4. The average molecular weight is 439 g/mol. The molecule has 1 N–H and O–H groups in total. The molecule has 0 aliphatic rings. The number of aliphatic hydroxyl groups is 1. The van der Waals surface area contributed by atoms with Crippen LogP contribution in [0.1, 0.15) is 55.4 Å². The van der Waals surface area contributed by atoms with E-state index < -0.39 is 16.1 Å². The van der Waals surface area contributed by atoms with E-state index in [1.165, 1.54) is 10.5 Å². The first-order valence-electron chi connectivity index (χ1n) is 10.7. The zero-order chi connectivity index (χ0) is 22.1. The maximum atomic E-state index is 13.3. The van der Waals surface area contributed by atoms with Gasteiger partial charge in [0, 0.05) is 25.5 Å². The van der Waals surface area contributed by atoms with Gasteiger partial charge in [0.25, 0.3) is 0 Å². The van der Waals surface area contributed by atoms with Crippen LogP contribution >= 0.6 is 0 Å². The Balaban J connectivity index is 1.80. The lowest BCUT2D eigenvalue weighted by atomic mass is 10.0. The fourth-order valence-electron chi connectivity index (χ4n) is 3.46. The summed E-state index contributed by atoms with van der Waals surface area (Å²) in [5.41, 5.74) is 2.65. The SMILES string of the molecule is CCCCCC(O)c1ccc(CN(Cc2ccccc2)S(=O)(=O)c2cccnc2)cc1. The molecule has 31 heavy (non-hydrogen) atoms. The van der Waals surface area contributed by atoms with Crippen LogP contribution in [0.2, 0.25) is 0 Å². The van der Waals surface area contributed by atoms with Gasteiger partial charge in [0.05, 0.1) is 6.10 Å². The second kappa shape index (κ2) is 11.2. The molecule has 164 valence electrons. The molecule has 6 heteroatoms. The number of sulfonamides is 1. The van der Waals surface area contributed by atoms with Crippen molar-refractivity contribution in [1.82, 2.24) is 9.29 Å². The fraction of sp³-hybridized carbons (Fsp3) is 0.320. The van der Waals surface area contributed by atoms with Gasteiger partial charge in [-0.2, -0.15) is 4.31 Å². The highest BCUT2D eigenvalue weighted by molar-refractivity contribution is 7.89. The smallest absolute Gasteiger partial charge is 0.245 e. The predicted octanol–water partition coefficient (Wildman–Crippen LogP) is 5.09. The first-order valence-corrected chi connectivity index (χ1v) is 12.2. The van der Waals surface area contributed by atoms with Gasteiger partial charge in [0.1, 0.15) is 4.90 Å². The third-order valence-electron chi connectivity index (χ3n) is 5.28. The van der Waals surface area contributed by atoms with E-state index >= 15 is 0 Å². The molecule has 0 bridgehead atoms. The second-order valence-corrected chi connectivity index (χ2v) is 9.64. The summed E-state index contributed by atoms with van der Waals surface area (Å²) in [5.74, 6) is 0. The zero-order valence-electron chi connectivity index (χ0n) is 17.9. The Kier molecular flexibility index (Phi) is 8.35. The van der Waals surface area contributed by atoms with Crippen molar-refractivity contribution in [2.24, 2.45) is 0 Å². The summed E-state index contributed by atoms with van der Waals surface area (Å²) in [7, 11) is -3.72. The van der Waals surface area contributed by atoms with Crippen LogP contribution in [-0.4, -0.2) is 22.8 Å². The minimum absolute atomic E-state index is 0.175. The molecule has 0 amide bonds. The minimum atomic E-state index is -3.72. The maximum absolute atomic E-state index is 13.3. The van der Waals surface area contributed by atoms with Gasteiger partial charge >= 0.3 is 0 Å². The molecule has 1 unspecified atom stereocenters. The van der Waals surface area contributed by atoms with Crippen LogP contribution in [0, 0.1) is 0 Å². The first kappa shape index (κ1) is 23.1. The van der Waals surface area contributed by atoms with Crippen LogP contribution in [0.3, 0.4) is 0 Å². The second-order valence-electron chi connectivity index (χ2n) is 7.70. The molecule has 0 saturated heterocycles. The highest BCUT2D eigenvalue weighted by Crippen LogP contribution is 2.23. The summed E-state index contributed by atoms with van der Waals surface area (Å²) in [5, 5.41) is 10.4. The maximum Gasteiger partial charge on any atom is 0.245 e. The van der Waals surface area contributed by atoms with E-state index in [1.807, 2.05) is 54.6 Å². The number of hydrogen-bond donors (Lipinski definition) is 1. The Morgan fingerprint density at radius 3 is 2.19 bits per heavy atom. The molecule has 1 heterocycles. The number of rotatable bonds is 11. The molecule has 1 atom stereocenters. The molecule has 0 fully saturated rings. The first-order chi connectivity index (χ1) is 15.0. The molecule has 3 aromatic rings. The molecular formula is C25H30N2O3S. The molecule has 0 saturated carbocycles. The van der Waals surface area contributed by atoms with Crippen molar-refractivity contribution in [3.8, 4) is 0 Å². The Labute approximate surface area is 185 Å². The monoisotopic (exact) mass is 438 g/mol. The van der Waals surface area contributed by atoms with E-state index in [0.29, 0.717) is 0 Å². The van der Waals surface area contributed by atoms with Gasteiger partial charge in [-0.05, 0) is 35.2 Å². The van der Waals surface area contributed by atoms with Crippen LogP contribution in [-0.2, 0) is 23.1 Å². The summed E-state index contributed by atoms with van der Waals surface area (Å²) < 4.78 is 28.1. The van der Waals surface area contributed by atoms with E-state index in [9.17, 15) is 13.5 Å². The van der Waals surface area contributed by atoms with Crippen LogP contribution < -0.4 is 0 Å². The molecule has 2 aromatic carbocycles. The van der Waals surface area contributed by atoms with E-state index in [-0.39, 0.29) is 18.0 Å². The van der Waals surface area contributed by atoms with Crippen LogP contribution in [0.5, 0.6) is 0 Å². The normalized spacial score (nSPS) is 12.7. The van der Waals surface area contributed by atoms with Crippen molar-refractivity contribution in [2.75, 3.05) is 0 Å². The number of benzene rings is 2. The fourth-order valence-corrected chi connectivity index (χ4v) is 4.85. The van der Waals surface area contributed by atoms with Gasteiger partial charge in [-0.15, -0.1) is 0 Å². The number of pyridine rings is 1. The standard InChI is InChI=1S/C25H30N2O3S/c1-2-3-5-12-25(28)23-15-13-22(14-16-23)20-27(19-21-9-6-4-7-10-21)31(29,30)24-11-8-17-26-18-24/h4,6-11,13-18,25,28H,2-3,5,12,19-20H2,1H3. The third kappa shape index (κ3) is 6.47. The molecule has 3 rings (SSSR count). The van der Waals surface area contributed by atoms with Gasteiger partial charge in [-0.3, -0.25) is 4.98 Å². The van der Waals surface area contributed by atoms with Gasteiger partial charge in [-0.25, -0.2) is 8.42 Å². The van der Waals surface area contributed by atoms with Crippen molar-refractivity contribution in [1.29, 1.82) is 0 Å². The third-order valence-corrected chi connectivity index (χ3v) is 7.05. The van der Waals surface area contributed by atoms with Gasteiger partial charge in [0.2, 0.25) is 10.0 Å². The van der Waals surface area contributed by atoms with Gasteiger partial charge < -0.3 is 5.11 Å².